The molecule has 3 heteroatoms. The highest BCUT2D eigenvalue weighted by Gasteiger charge is 2.42. The molecule has 9 heavy (non-hydrogen) atoms. The van der Waals surface area contributed by atoms with Gasteiger partial charge in [0.25, 0.3) is 0 Å². The quantitative estimate of drug-likeness (QED) is 0.546. The fourth-order valence-corrected chi connectivity index (χ4v) is 1.64. The van der Waals surface area contributed by atoms with Gasteiger partial charge >= 0.3 is 0 Å². The van der Waals surface area contributed by atoms with E-state index >= 15 is 0 Å². The summed E-state index contributed by atoms with van der Waals surface area (Å²) >= 11 is 0. The lowest BCUT2D eigenvalue weighted by molar-refractivity contribution is 0.0191. The second kappa shape index (κ2) is 2.45. The van der Waals surface area contributed by atoms with Gasteiger partial charge in [-0.05, 0) is 12.8 Å². The van der Waals surface area contributed by atoms with Crippen LogP contribution in [0, 0.1) is 5.92 Å². The van der Waals surface area contributed by atoms with Gasteiger partial charge in [0.15, 0.2) is 0 Å². The molecule has 2 rings (SSSR count). The fraction of sp³-hybridized carbons (Fsp3) is 1.00. The summed E-state index contributed by atoms with van der Waals surface area (Å²) in [6.45, 7) is 0.947. The van der Waals surface area contributed by atoms with Gasteiger partial charge in [-0.3, -0.25) is 0 Å². The highest BCUT2D eigenvalue weighted by molar-refractivity contribution is 5.85. The monoisotopic (exact) mass is 149 g/mol. The summed E-state index contributed by atoms with van der Waals surface area (Å²) in [6.07, 6.45) is 2.85. The van der Waals surface area contributed by atoms with E-state index in [2.05, 4.69) is 0 Å². The zero-order chi connectivity index (χ0) is 5.56. The first kappa shape index (κ1) is 7.32. The van der Waals surface area contributed by atoms with E-state index in [0.717, 1.165) is 18.9 Å². The average molecular weight is 150 g/mol. The Hall–Kier alpha value is 0.210. The molecule has 1 aliphatic carbocycles. The number of fused-ring (bicyclic) bond motifs is 1. The molecule has 0 aromatic rings. The van der Waals surface area contributed by atoms with Crippen molar-refractivity contribution in [2.24, 2.45) is 11.7 Å². The summed E-state index contributed by atoms with van der Waals surface area (Å²) in [5.41, 5.74) is 5.68. The Kier molecular flexibility index (Phi) is 1.99. The number of halogens is 1. The fourth-order valence-electron chi connectivity index (χ4n) is 1.64. The number of hydrogen-bond donors (Lipinski definition) is 1. The molecule has 0 amide bonds. The predicted molar refractivity (Wildman–Crippen MR) is 37.7 cm³/mol. The Balaban J connectivity index is 0.000000405. The van der Waals surface area contributed by atoms with Crippen LogP contribution in [0.3, 0.4) is 0 Å². The molecule has 2 N–H and O–H groups in total. The molecule has 2 aliphatic rings. The molecule has 3 atom stereocenters. The van der Waals surface area contributed by atoms with Gasteiger partial charge in [-0.2, -0.15) is 0 Å². The molecular formula is C6H12ClNO. The molecule has 1 saturated heterocycles. The zero-order valence-electron chi connectivity index (χ0n) is 5.25. The normalized spacial score (nSPS) is 47.0. The lowest BCUT2D eigenvalue weighted by Crippen LogP contribution is -2.48. The number of rotatable bonds is 0. The number of ether oxygens (including phenoxy) is 1. The molecule has 0 radical (unpaired) electrons. The topological polar surface area (TPSA) is 35.2 Å². The standard InChI is InChI=1S/C6H11NO.ClH/c7-5-3-6-4(5)1-2-8-6;/h4-6H,1-3,7H2;1H/t4-,5-,6+;/m0./s1. The van der Waals surface area contributed by atoms with Crippen LogP contribution in [0.25, 0.3) is 0 Å². The zero-order valence-corrected chi connectivity index (χ0v) is 6.06. The summed E-state index contributed by atoms with van der Waals surface area (Å²) in [5.74, 6) is 0.718. The maximum atomic E-state index is 5.68. The van der Waals surface area contributed by atoms with Crippen LogP contribution in [0.1, 0.15) is 12.8 Å². The molecule has 0 unspecified atom stereocenters. The van der Waals surface area contributed by atoms with Crippen LogP contribution in [-0.2, 0) is 4.74 Å². The second-order valence-electron chi connectivity index (χ2n) is 2.76. The van der Waals surface area contributed by atoms with E-state index < -0.39 is 0 Å². The van der Waals surface area contributed by atoms with Gasteiger partial charge < -0.3 is 10.5 Å². The van der Waals surface area contributed by atoms with E-state index in [9.17, 15) is 0 Å². The van der Waals surface area contributed by atoms with Gasteiger partial charge in [-0.15, -0.1) is 12.4 Å². The maximum Gasteiger partial charge on any atom is 0.0633 e. The molecular weight excluding hydrogens is 138 g/mol. The van der Waals surface area contributed by atoms with Crippen LogP contribution in [0.4, 0.5) is 0 Å². The summed E-state index contributed by atoms with van der Waals surface area (Å²) in [7, 11) is 0. The van der Waals surface area contributed by atoms with Crippen LogP contribution in [0.5, 0.6) is 0 Å². The Morgan fingerprint density at radius 3 is 2.67 bits per heavy atom. The van der Waals surface area contributed by atoms with Crippen molar-refractivity contribution in [3.8, 4) is 0 Å². The predicted octanol–water partition coefficient (Wildman–Crippen LogP) is 0.544. The third-order valence-corrected chi connectivity index (χ3v) is 2.32. The number of hydrogen-bond acceptors (Lipinski definition) is 2. The van der Waals surface area contributed by atoms with Crippen molar-refractivity contribution < 1.29 is 4.74 Å². The lowest BCUT2D eigenvalue weighted by Gasteiger charge is -2.35. The largest absolute Gasteiger partial charge is 0.378 e. The first-order valence-electron chi connectivity index (χ1n) is 3.25. The molecule has 1 saturated carbocycles. The van der Waals surface area contributed by atoms with E-state index in [1.165, 1.54) is 6.42 Å². The van der Waals surface area contributed by atoms with Gasteiger partial charge in [0, 0.05) is 18.6 Å². The summed E-state index contributed by atoms with van der Waals surface area (Å²) in [4.78, 5) is 0. The van der Waals surface area contributed by atoms with Gasteiger partial charge in [0.2, 0.25) is 0 Å². The molecule has 0 bridgehead atoms. The summed E-state index contributed by atoms with van der Waals surface area (Å²) < 4.78 is 5.34. The molecule has 1 aliphatic heterocycles. The highest BCUT2D eigenvalue weighted by atomic mass is 35.5. The Bertz CT molecular complexity index is 109. The minimum absolute atomic E-state index is 0. The Morgan fingerprint density at radius 2 is 2.22 bits per heavy atom. The van der Waals surface area contributed by atoms with Gasteiger partial charge in [-0.1, -0.05) is 0 Å². The third kappa shape index (κ3) is 0.955. The van der Waals surface area contributed by atoms with Gasteiger partial charge in [0.05, 0.1) is 6.10 Å². The molecule has 0 aromatic carbocycles. The molecule has 1 heterocycles. The Morgan fingerprint density at radius 1 is 1.44 bits per heavy atom. The lowest BCUT2D eigenvalue weighted by atomic mass is 9.77. The molecule has 2 nitrogen and oxygen atoms in total. The minimum atomic E-state index is 0. The molecule has 0 aromatic heterocycles. The average Bonchev–Trinajstić information content (AvgIpc) is 2.09. The summed E-state index contributed by atoms with van der Waals surface area (Å²) in [6, 6.07) is 0.461. The smallest absolute Gasteiger partial charge is 0.0633 e. The van der Waals surface area contributed by atoms with E-state index in [-0.39, 0.29) is 12.4 Å². The van der Waals surface area contributed by atoms with E-state index in [0.29, 0.717) is 12.1 Å². The maximum absolute atomic E-state index is 5.68. The highest BCUT2D eigenvalue weighted by Crippen LogP contribution is 2.36. The number of nitrogens with two attached hydrogens (primary N) is 1. The van der Waals surface area contributed by atoms with Crippen LogP contribution in [0.15, 0.2) is 0 Å². The first-order valence-corrected chi connectivity index (χ1v) is 3.25. The van der Waals surface area contributed by atoms with Crippen molar-refractivity contribution in [2.45, 2.75) is 25.0 Å². The molecule has 54 valence electrons. The van der Waals surface area contributed by atoms with Gasteiger partial charge in [0.1, 0.15) is 0 Å². The van der Waals surface area contributed by atoms with Crippen LogP contribution in [0.2, 0.25) is 0 Å². The molecule has 0 spiro atoms. The second-order valence-corrected chi connectivity index (χ2v) is 2.76. The Labute approximate surface area is 61.2 Å². The van der Waals surface area contributed by atoms with Gasteiger partial charge in [-0.25, -0.2) is 0 Å². The van der Waals surface area contributed by atoms with Crippen molar-refractivity contribution in [3.63, 3.8) is 0 Å². The van der Waals surface area contributed by atoms with Crippen molar-refractivity contribution in [1.29, 1.82) is 0 Å². The van der Waals surface area contributed by atoms with Crippen molar-refractivity contribution in [1.82, 2.24) is 0 Å². The summed E-state index contributed by atoms with van der Waals surface area (Å²) in [5, 5.41) is 0. The van der Waals surface area contributed by atoms with E-state index in [1.807, 2.05) is 0 Å². The van der Waals surface area contributed by atoms with Crippen LogP contribution >= 0.6 is 12.4 Å². The third-order valence-electron chi connectivity index (χ3n) is 2.32. The van der Waals surface area contributed by atoms with Crippen molar-refractivity contribution >= 4 is 12.4 Å². The molecule has 2 fully saturated rings. The van der Waals surface area contributed by atoms with Crippen LogP contribution < -0.4 is 5.73 Å². The van der Waals surface area contributed by atoms with Crippen LogP contribution in [-0.4, -0.2) is 18.8 Å². The van der Waals surface area contributed by atoms with E-state index in [4.69, 9.17) is 10.5 Å². The minimum Gasteiger partial charge on any atom is -0.378 e. The SMILES string of the molecule is Cl.N[C@H]1C[C@H]2OCC[C@@H]12. The van der Waals surface area contributed by atoms with Crippen molar-refractivity contribution in [2.75, 3.05) is 6.61 Å². The van der Waals surface area contributed by atoms with Crippen molar-refractivity contribution in [3.05, 3.63) is 0 Å². The van der Waals surface area contributed by atoms with E-state index in [1.54, 1.807) is 0 Å². The first-order chi connectivity index (χ1) is 3.88.